The van der Waals surface area contributed by atoms with Gasteiger partial charge in [0.25, 0.3) is 0 Å². The zero-order chi connectivity index (χ0) is 36.7. The lowest BCUT2D eigenvalue weighted by Crippen LogP contribution is -2.34. The zero-order valence-electron chi connectivity index (χ0n) is 28.7. The molecule has 2 fully saturated rings. The molecule has 0 bridgehead atoms. The number of aromatic nitrogens is 4. The minimum atomic E-state index is -4.30. The van der Waals surface area contributed by atoms with Crippen LogP contribution in [0.25, 0.3) is 11.2 Å². The number of hydrogen-bond acceptors (Lipinski definition) is 18. The fraction of sp³-hybridized carbons (Fsp3) is 0.759. The van der Waals surface area contributed by atoms with Gasteiger partial charge in [-0.1, -0.05) is 41.5 Å². The third kappa shape index (κ3) is 11.8. The molecule has 2 aliphatic heterocycles. The van der Waals surface area contributed by atoms with Crippen molar-refractivity contribution in [2.24, 2.45) is 10.8 Å². The molecule has 0 saturated carbocycles. The van der Waals surface area contributed by atoms with Gasteiger partial charge in [0.1, 0.15) is 24.7 Å². The van der Waals surface area contributed by atoms with Crippen molar-refractivity contribution in [1.29, 1.82) is 0 Å². The Labute approximate surface area is 293 Å². The van der Waals surface area contributed by atoms with E-state index in [0.717, 1.165) is 6.42 Å². The number of carbonyl (C=O) groups excluding carboxylic acids is 2. The van der Waals surface area contributed by atoms with E-state index in [1.54, 1.807) is 0 Å². The number of anilines is 1. The highest BCUT2D eigenvalue weighted by Crippen LogP contribution is 2.48. The van der Waals surface area contributed by atoms with Gasteiger partial charge in [0, 0.05) is 6.61 Å². The van der Waals surface area contributed by atoms with Crippen molar-refractivity contribution in [3.8, 4) is 0 Å². The Morgan fingerprint density at radius 1 is 1.00 bits per heavy atom. The Balaban J connectivity index is 1.36. The van der Waals surface area contributed by atoms with E-state index < -0.39 is 71.0 Å². The standard InChI is InChI=1S/C29H45ClN5O14P/c1-28(2,3)11-43-26(38)45-14-47-50(40,48-15-46-27(39)44-12-29(4,5)6)16-42-10-18-20(36)21(37)24(49-18)35-13-31-19-22(32-17-7-8-41-9-17)33-25(30)34-23(19)35/h13,17-18,20-21,24,36-37H,7-12,14-16H2,1-6H3,(H,32,33,34)/t17-,18+,20+,21+,24+/m0/s1. The average molecular weight is 754 g/mol. The van der Waals surface area contributed by atoms with Gasteiger partial charge in [0.2, 0.25) is 18.9 Å². The molecular weight excluding hydrogens is 709 g/mol. The molecule has 4 rings (SSSR count). The molecule has 0 aromatic carbocycles. The second-order valence-corrected chi connectivity index (χ2v) is 16.3. The molecule has 3 N–H and O–H groups in total. The Kier molecular flexibility index (Phi) is 13.6. The molecule has 2 aromatic rings. The molecule has 21 heteroatoms. The Bertz CT molecular complexity index is 1460. The van der Waals surface area contributed by atoms with Crippen LogP contribution in [0, 0.1) is 10.8 Å². The van der Waals surface area contributed by atoms with Crippen LogP contribution in [0.15, 0.2) is 6.33 Å². The zero-order valence-corrected chi connectivity index (χ0v) is 30.4. The van der Waals surface area contributed by atoms with Gasteiger partial charge < -0.3 is 48.7 Å². The lowest BCUT2D eigenvalue weighted by molar-refractivity contribution is -0.0652. The number of halogens is 1. The first-order valence-corrected chi connectivity index (χ1v) is 17.8. The first kappa shape index (κ1) is 39.9. The lowest BCUT2D eigenvalue weighted by atomic mass is 9.99. The second kappa shape index (κ2) is 17.1. The van der Waals surface area contributed by atoms with Crippen LogP contribution in [0.3, 0.4) is 0 Å². The van der Waals surface area contributed by atoms with E-state index in [9.17, 15) is 24.4 Å². The van der Waals surface area contributed by atoms with Crippen molar-refractivity contribution >= 4 is 48.5 Å². The number of rotatable bonds is 15. The van der Waals surface area contributed by atoms with Crippen molar-refractivity contribution in [2.75, 3.05) is 58.3 Å². The monoisotopic (exact) mass is 753 g/mol. The Morgan fingerprint density at radius 3 is 2.18 bits per heavy atom. The molecule has 50 heavy (non-hydrogen) atoms. The number of nitrogens with zero attached hydrogens (tertiary/aromatic N) is 4. The summed E-state index contributed by atoms with van der Waals surface area (Å²) in [5, 5.41) is 24.9. The van der Waals surface area contributed by atoms with Crippen molar-refractivity contribution in [2.45, 2.75) is 78.5 Å². The van der Waals surface area contributed by atoms with Crippen LogP contribution in [0.5, 0.6) is 0 Å². The number of fused-ring (bicyclic) bond motifs is 1. The highest BCUT2D eigenvalue weighted by atomic mass is 35.5. The molecule has 5 atom stereocenters. The molecule has 0 unspecified atom stereocenters. The molecule has 0 spiro atoms. The molecular formula is C29H45ClN5O14P. The smallest absolute Gasteiger partial charge is 0.434 e. The van der Waals surface area contributed by atoms with Gasteiger partial charge in [-0.2, -0.15) is 9.97 Å². The number of ether oxygens (including phenoxy) is 7. The third-order valence-corrected chi connectivity index (χ3v) is 8.57. The Morgan fingerprint density at radius 2 is 1.62 bits per heavy atom. The molecule has 4 heterocycles. The number of nitrogens with one attached hydrogen (secondary N) is 1. The first-order chi connectivity index (χ1) is 23.4. The van der Waals surface area contributed by atoms with Crippen LogP contribution in [0.1, 0.15) is 54.2 Å². The molecule has 0 aliphatic carbocycles. The summed E-state index contributed by atoms with van der Waals surface area (Å²) in [6.45, 7) is 10.1. The fourth-order valence-electron chi connectivity index (χ4n) is 4.45. The topological polar surface area (TPSA) is 230 Å². The maximum Gasteiger partial charge on any atom is 0.510 e. The summed E-state index contributed by atoms with van der Waals surface area (Å²) in [6, 6.07) is -0.00220. The van der Waals surface area contributed by atoms with Gasteiger partial charge in [-0.3, -0.25) is 18.2 Å². The van der Waals surface area contributed by atoms with Crippen LogP contribution in [-0.4, -0.2) is 119 Å². The predicted octanol–water partition coefficient (Wildman–Crippen LogP) is 3.81. The molecule has 2 saturated heterocycles. The van der Waals surface area contributed by atoms with E-state index in [1.165, 1.54) is 10.9 Å². The number of carbonyl (C=O) groups is 2. The van der Waals surface area contributed by atoms with Gasteiger partial charge in [-0.15, -0.1) is 0 Å². The van der Waals surface area contributed by atoms with Crippen molar-refractivity contribution in [3.63, 3.8) is 0 Å². The quantitative estimate of drug-likeness (QED) is 0.102. The maximum absolute atomic E-state index is 13.5. The van der Waals surface area contributed by atoms with E-state index in [4.69, 9.17) is 53.8 Å². The summed E-state index contributed by atoms with van der Waals surface area (Å²) >= 11 is 6.20. The van der Waals surface area contributed by atoms with E-state index >= 15 is 0 Å². The lowest BCUT2D eigenvalue weighted by Gasteiger charge is -2.21. The van der Waals surface area contributed by atoms with E-state index in [1.807, 2.05) is 41.5 Å². The van der Waals surface area contributed by atoms with Crippen molar-refractivity contribution in [1.82, 2.24) is 19.5 Å². The van der Waals surface area contributed by atoms with E-state index in [-0.39, 0.29) is 41.0 Å². The maximum atomic E-state index is 13.5. The molecule has 282 valence electrons. The number of aliphatic hydroxyl groups is 2. The van der Waals surface area contributed by atoms with Crippen molar-refractivity contribution < 1.29 is 66.6 Å². The molecule has 19 nitrogen and oxygen atoms in total. The van der Waals surface area contributed by atoms with E-state index in [2.05, 4.69) is 20.3 Å². The average Bonchev–Trinajstić information content (AvgIpc) is 3.75. The van der Waals surface area contributed by atoms with Gasteiger partial charge in [-0.05, 0) is 28.9 Å². The van der Waals surface area contributed by atoms with Gasteiger partial charge in [0.05, 0.1) is 38.8 Å². The summed E-state index contributed by atoms with van der Waals surface area (Å²) in [6.07, 6.45) is -6.03. The van der Waals surface area contributed by atoms with Crippen LogP contribution >= 0.6 is 19.2 Å². The normalized spacial score (nSPS) is 22.9. The summed E-state index contributed by atoms with van der Waals surface area (Å²) in [5.41, 5.74) is -0.0734. The van der Waals surface area contributed by atoms with Gasteiger partial charge in [-0.25, -0.2) is 14.6 Å². The van der Waals surface area contributed by atoms with Crippen LogP contribution < -0.4 is 5.32 Å². The van der Waals surface area contributed by atoms with E-state index in [0.29, 0.717) is 24.5 Å². The highest BCUT2D eigenvalue weighted by molar-refractivity contribution is 7.53. The van der Waals surface area contributed by atoms with Crippen LogP contribution in [0.4, 0.5) is 15.4 Å². The molecule has 0 amide bonds. The summed E-state index contributed by atoms with van der Waals surface area (Å²) < 4.78 is 61.7. The van der Waals surface area contributed by atoms with Crippen LogP contribution in [-0.2, 0) is 46.8 Å². The Hall–Kier alpha value is -2.87. The summed E-state index contributed by atoms with van der Waals surface area (Å²) in [7, 11) is -4.30. The molecule has 2 aromatic heterocycles. The third-order valence-electron chi connectivity index (χ3n) is 6.91. The number of hydrogen-bond donors (Lipinski definition) is 3. The molecule has 0 radical (unpaired) electrons. The predicted molar refractivity (Wildman–Crippen MR) is 173 cm³/mol. The minimum Gasteiger partial charge on any atom is -0.434 e. The number of imidazole rings is 1. The second-order valence-electron chi connectivity index (χ2n) is 14.0. The van der Waals surface area contributed by atoms with Gasteiger partial charge in [0.15, 0.2) is 23.2 Å². The fourth-order valence-corrected chi connectivity index (χ4v) is 5.60. The van der Waals surface area contributed by atoms with Crippen LogP contribution in [0.2, 0.25) is 5.28 Å². The summed E-state index contributed by atoms with van der Waals surface area (Å²) in [5.74, 6) is 0.371. The largest absolute Gasteiger partial charge is 0.510 e. The van der Waals surface area contributed by atoms with Crippen molar-refractivity contribution in [3.05, 3.63) is 11.6 Å². The summed E-state index contributed by atoms with van der Waals surface area (Å²) in [4.78, 5) is 36.7. The minimum absolute atomic E-state index is 0.00220. The van der Waals surface area contributed by atoms with Gasteiger partial charge >= 0.3 is 19.9 Å². The molecule has 2 aliphatic rings. The SMILES string of the molecule is CC(C)(C)COC(=O)OCOP(=O)(COC[C@H]1O[C@@H](n2cnc3c(N[C@H]4CCOC4)nc(Cl)nc32)[C@H](O)[C@@H]1O)OCOC(=O)OCC(C)(C)C. The highest BCUT2D eigenvalue weighted by Gasteiger charge is 2.45. The first-order valence-electron chi connectivity index (χ1n) is 15.7. The number of aliphatic hydroxyl groups excluding tert-OH is 2.